The zero-order valence-corrected chi connectivity index (χ0v) is 20.0. The third-order valence-electron chi connectivity index (χ3n) is 4.84. The second-order valence-electron chi connectivity index (χ2n) is 7.45. The number of phosphoric ester groups is 1. The monoisotopic (exact) mass is 468 g/mol. The number of phosphoric acid groups is 1. The fourth-order valence-corrected chi connectivity index (χ4v) is 3.90. The van der Waals surface area contributed by atoms with E-state index in [2.05, 4.69) is 19.1 Å². The van der Waals surface area contributed by atoms with Crippen LogP contribution >= 0.6 is 7.82 Å². The van der Waals surface area contributed by atoms with E-state index in [9.17, 15) is 9.46 Å². The van der Waals surface area contributed by atoms with Gasteiger partial charge in [-0.1, -0.05) is 75.4 Å². The van der Waals surface area contributed by atoms with Gasteiger partial charge in [-0.15, -0.1) is 0 Å². The molecule has 0 aromatic heterocycles. The minimum Gasteiger partial charge on any atom is -0.491 e. The van der Waals surface area contributed by atoms with Gasteiger partial charge in [-0.25, -0.2) is 4.57 Å². The molecule has 2 rings (SSSR count). The molecule has 1 unspecified atom stereocenters. The normalized spacial score (nSPS) is 13.3. The minimum absolute atomic E-state index is 0.00549. The zero-order chi connectivity index (χ0) is 22.9. The summed E-state index contributed by atoms with van der Waals surface area (Å²) in [6.45, 7) is 4.26. The first kappa shape index (κ1) is 26.8. The van der Waals surface area contributed by atoms with Crippen LogP contribution in [0.15, 0.2) is 42.5 Å². The Balaban J connectivity index is 1.42. The van der Waals surface area contributed by atoms with E-state index in [0.717, 1.165) is 35.8 Å². The van der Waals surface area contributed by atoms with E-state index in [4.69, 9.17) is 23.3 Å². The van der Waals surface area contributed by atoms with Crippen LogP contribution in [0.2, 0.25) is 0 Å². The predicted molar refractivity (Wildman–Crippen MR) is 126 cm³/mol. The Morgan fingerprint density at radius 1 is 0.719 bits per heavy atom. The van der Waals surface area contributed by atoms with Crippen molar-refractivity contribution < 1.29 is 32.7 Å². The van der Waals surface area contributed by atoms with Gasteiger partial charge in [0, 0.05) is 5.39 Å². The lowest BCUT2D eigenvalue weighted by Gasteiger charge is -2.12. The first-order valence-electron chi connectivity index (χ1n) is 11.5. The minimum atomic E-state index is -4.00. The molecule has 7 nitrogen and oxygen atoms in total. The molecule has 0 saturated carbocycles. The molecule has 0 fully saturated rings. The number of hydrogen-bond donors (Lipinski definition) is 1. The van der Waals surface area contributed by atoms with Crippen molar-refractivity contribution in [1.82, 2.24) is 0 Å². The lowest BCUT2D eigenvalue weighted by Crippen LogP contribution is -2.12. The smallest absolute Gasteiger partial charge is 0.472 e. The van der Waals surface area contributed by atoms with Crippen molar-refractivity contribution in [1.29, 1.82) is 0 Å². The Morgan fingerprint density at radius 2 is 1.34 bits per heavy atom. The highest BCUT2D eigenvalue weighted by atomic mass is 31.2. The van der Waals surface area contributed by atoms with E-state index in [1.807, 2.05) is 30.3 Å². The third kappa shape index (κ3) is 11.4. The van der Waals surface area contributed by atoms with E-state index in [1.54, 1.807) is 0 Å². The quantitative estimate of drug-likeness (QED) is 0.208. The second kappa shape index (κ2) is 16.2. The van der Waals surface area contributed by atoms with Crippen LogP contribution < -0.4 is 4.74 Å². The summed E-state index contributed by atoms with van der Waals surface area (Å²) in [6.07, 6.45) is 6.50. The summed E-state index contributed by atoms with van der Waals surface area (Å²) >= 11 is 0. The van der Waals surface area contributed by atoms with Crippen LogP contribution in [0.4, 0.5) is 0 Å². The molecule has 2 aromatic rings. The van der Waals surface area contributed by atoms with Crippen LogP contribution in [-0.4, -0.2) is 51.1 Å². The molecular weight excluding hydrogens is 431 g/mol. The maximum absolute atomic E-state index is 11.8. The third-order valence-corrected chi connectivity index (χ3v) is 5.86. The van der Waals surface area contributed by atoms with E-state index in [-0.39, 0.29) is 19.8 Å². The summed E-state index contributed by atoms with van der Waals surface area (Å²) in [5.74, 6) is 0.840. The SMILES string of the molecule is CCCCCCCCOP(=O)(O)OCCOCCOCCOc1cccc2ccccc12. The van der Waals surface area contributed by atoms with Crippen molar-refractivity contribution in [2.45, 2.75) is 45.4 Å². The first-order valence-corrected chi connectivity index (χ1v) is 13.0. The fraction of sp³-hybridized carbons (Fsp3) is 0.583. The molecule has 0 radical (unpaired) electrons. The highest BCUT2D eigenvalue weighted by molar-refractivity contribution is 7.47. The van der Waals surface area contributed by atoms with Crippen molar-refractivity contribution >= 4 is 18.6 Å². The molecule has 0 heterocycles. The Kier molecular flexibility index (Phi) is 13.5. The summed E-state index contributed by atoms with van der Waals surface area (Å²) in [6, 6.07) is 14.1. The lowest BCUT2D eigenvalue weighted by molar-refractivity contribution is 0.0225. The molecule has 1 atom stereocenters. The van der Waals surface area contributed by atoms with Gasteiger partial charge in [-0.05, 0) is 17.9 Å². The number of unbranched alkanes of at least 4 members (excludes halogenated alkanes) is 5. The van der Waals surface area contributed by atoms with Gasteiger partial charge in [0.05, 0.1) is 39.6 Å². The standard InChI is InChI=1S/C24H37O7P/c1-2-3-4-5-6-9-15-30-32(25,26)31-21-19-28-17-16-27-18-20-29-24-14-10-12-22-11-7-8-13-23(22)24/h7-8,10-14H,2-6,9,15-21H2,1H3,(H,25,26). The summed E-state index contributed by atoms with van der Waals surface area (Å²) in [4.78, 5) is 9.63. The number of hydrogen-bond acceptors (Lipinski definition) is 6. The van der Waals surface area contributed by atoms with Crippen molar-refractivity contribution in [2.24, 2.45) is 0 Å². The molecule has 0 bridgehead atoms. The fourth-order valence-electron chi connectivity index (χ4n) is 3.17. The lowest BCUT2D eigenvalue weighted by atomic mass is 10.1. The van der Waals surface area contributed by atoms with Crippen molar-refractivity contribution in [3.8, 4) is 5.75 Å². The average molecular weight is 469 g/mol. The van der Waals surface area contributed by atoms with E-state index in [0.29, 0.717) is 26.4 Å². The van der Waals surface area contributed by atoms with Gasteiger partial charge >= 0.3 is 7.82 Å². The number of rotatable bonds is 19. The molecule has 0 aliphatic carbocycles. The summed E-state index contributed by atoms with van der Waals surface area (Å²) in [5, 5.41) is 2.22. The Hall–Kier alpha value is -1.47. The van der Waals surface area contributed by atoms with Crippen LogP contribution in [0, 0.1) is 0 Å². The molecule has 0 aliphatic heterocycles. The van der Waals surface area contributed by atoms with Crippen molar-refractivity contribution in [2.75, 3.05) is 46.2 Å². The maximum atomic E-state index is 11.8. The average Bonchev–Trinajstić information content (AvgIpc) is 2.79. The highest BCUT2D eigenvalue weighted by Crippen LogP contribution is 2.43. The van der Waals surface area contributed by atoms with Gasteiger partial charge in [0.25, 0.3) is 0 Å². The van der Waals surface area contributed by atoms with Crippen LogP contribution in [0.1, 0.15) is 45.4 Å². The Morgan fingerprint density at radius 3 is 2.16 bits per heavy atom. The number of fused-ring (bicyclic) bond motifs is 1. The predicted octanol–water partition coefficient (Wildman–Crippen LogP) is 5.75. The van der Waals surface area contributed by atoms with Crippen molar-refractivity contribution in [3.05, 3.63) is 42.5 Å². The first-order chi connectivity index (χ1) is 15.6. The van der Waals surface area contributed by atoms with Gasteiger partial charge < -0.3 is 19.1 Å². The maximum Gasteiger partial charge on any atom is 0.472 e. The largest absolute Gasteiger partial charge is 0.491 e. The summed E-state index contributed by atoms with van der Waals surface area (Å²) in [5.41, 5.74) is 0. The summed E-state index contributed by atoms with van der Waals surface area (Å²) < 4.78 is 38.3. The molecule has 0 spiro atoms. The second-order valence-corrected chi connectivity index (χ2v) is 8.91. The van der Waals surface area contributed by atoms with Gasteiger partial charge in [-0.2, -0.15) is 0 Å². The number of ether oxygens (including phenoxy) is 3. The zero-order valence-electron chi connectivity index (χ0n) is 19.1. The van der Waals surface area contributed by atoms with Gasteiger partial charge in [0.1, 0.15) is 12.4 Å². The van der Waals surface area contributed by atoms with Crippen LogP contribution in [0.25, 0.3) is 10.8 Å². The number of benzene rings is 2. The van der Waals surface area contributed by atoms with Crippen LogP contribution in [0.3, 0.4) is 0 Å². The highest BCUT2D eigenvalue weighted by Gasteiger charge is 2.20. The molecule has 1 N–H and O–H groups in total. The molecule has 2 aromatic carbocycles. The van der Waals surface area contributed by atoms with Crippen LogP contribution in [0.5, 0.6) is 5.75 Å². The molecule has 0 amide bonds. The Labute approximate surface area is 191 Å². The molecule has 0 aliphatic rings. The molecule has 32 heavy (non-hydrogen) atoms. The molecule has 0 saturated heterocycles. The van der Waals surface area contributed by atoms with E-state index < -0.39 is 7.82 Å². The van der Waals surface area contributed by atoms with E-state index >= 15 is 0 Å². The van der Waals surface area contributed by atoms with Crippen LogP contribution in [-0.2, 0) is 23.1 Å². The van der Waals surface area contributed by atoms with Gasteiger partial charge in [0.2, 0.25) is 0 Å². The molecule has 8 heteroatoms. The van der Waals surface area contributed by atoms with Gasteiger partial charge in [-0.3, -0.25) is 9.05 Å². The van der Waals surface area contributed by atoms with E-state index in [1.165, 1.54) is 19.3 Å². The molecule has 180 valence electrons. The topological polar surface area (TPSA) is 83.5 Å². The summed E-state index contributed by atoms with van der Waals surface area (Å²) in [7, 11) is -4.00. The molecular formula is C24H37O7P. The van der Waals surface area contributed by atoms with Crippen molar-refractivity contribution in [3.63, 3.8) is 0 Å². The Bertz CT molecular complexity index is 794. The van der Waals surface area contributed by atoms with Gasteiger partial charge in [0.15, 0.2) is 0 Å².